The van der Waals surface area contributed by atoms with Crippen LogP contribution in [0.5, 0.6) is 0 Å². The summed E-state index contributed by atoms with van der Waals surface area (Å²) in [4.78, 5) is 26.6. The average molecular weight is 348 g/mol. The number of carbonyl (C=O) groups excluding carboxylic acids is 2. The molecule has 134 valence electrons. The summed E-state index contributed by atoms with van der Waals surface area (Å²) >= 11 is 0. The van der Waals surface area contributed by atoms with Crippen LogP contribution in [0.3, 0.4) is 0 Å². The number of hydrogen-bond acceptors (Lipinski definition) is 2. The van der Waals surface area contributed by atoms with Crippen molar-refractivity contribution in [1.82, 2.24) is 10.2 Å². The van der Waals surface area contributed by atoms with E-state index in [0.29, 0.717) is 18.5 Å². The number of ketones is 1. The van der Waals surface area contributed by atoms with Gasteiger partial charge >= 0.3 is 6.03 Å². The number of nitrogens with one attached hydrogen (secondary N) is 1. The van der Waals surface area contributed by atoms with Gasteiger partial charge in [-0.25, -0.2) is 4.79 Å². The number of carbonyl (C=O) groups is 2. The molecular formula is C22H24N2O2. The molecule has 0 unspecified atom stereocenters. The van der Waals surface area contributed by atoms with Crippen molar-refractivity contribution in [3.05, 3.63) is 83.1 Å². The predicted octanol–water partition coefficient (Wildman–Crippen LogP) is 4.08. The average Bonchev–Trinajstić information content (AvgIpc) is 2.64. The van der Waals surface area contributed by atoms with E-state index >= 15 is 0 Å². The molecule has 0 saturated heterocycles. The molecule has 0 aromatic heterocycles. The molecule has 1 N–H and O–H groups in total. The highest BCUT2D eigenvalue weighted by atomic mass is 16.2. The summed E-state index contributed by atoms with van der Waals surface area (Å²) in [6.07, 6.45) is 1.52. The molecule has 1 aliphatic rings. The molecule has 4 heteroatoms. The van der Waals surface area contributed by atoms with Crippen molar-refractivity contribution in [2.75, 3.05) is 0 Å². The van der Waals surface area contributed by atoms with E-state index < -0.39 is 0 Å². The summed E-state index contributed by atoms with van der Waals surface area (Å²) in [5.41, 5.74) is 3.70. The van der Waals surface area contributed by atoms with E-state index in [1.165, 1.54) is 5.56 Å². The number of Topliss-reactive ketones (excluding diaryl/α,β-unsaturated/α-hetero) is 1. The van der Waals surface area contributed by atoms with Gasteiger partial charge in [0.15, 0.2) is 5.78 Å². The Morgan fingerprint density at radius 1 is 1.00 bits per heavy atom. The Balaban J connectivity index is 1.81. The molecule has 2 aromatic rings. The summed E-state index contributed by atoms with van der Waals surface area (Å²) in [7, 11) is 0. The van der Waals surface area contributed by atoms with Crippen LogP contribution in [0.15, 0.2) is 71.9 Å². The molecule has 2 amide bonds. The van der Waals surface area contributed by atoms with E-state index in [1.54, 1.807) is 11.8 Å². The molecule has 2 aromatic carbocycles. The summed E-state index contributed by atoms with van der Waals surface area (Å²) in [5, 5.41) is 3.03. The van der Waals surface area contributed by atoms with Gasteiger partial charge in [-0.2, -0.15) is 0 Å². The Morgan fingerprint density at radius 2 is 1.58 bits per heavy atom. The van der Waals surface area contributed by atoms with Crippen LogP contribution in [-0.4, -0.2) is 22.8 Å². The fourth-order valence-corrected chi connectivity index (χ4v) is 3.48. The van der Waals surface area contributed by atoms with Crippen molar-refractivity contribution in [3.63, 3.8) is 0 Å². The minimum Gasteiger partial charge on any atom is -0.331 e. The van der Waals surface area contributed by atoms with Gasteiger partial charge in [0.1, 0.15) is 0 Å². The third-order valence-corrected chi connectivity index (χ3v) is 4.81. The predicted molar refractivity (Wildman–Crippen MR) is 102 cm³/mol. The van der Waals surface area contributed by atoms with Gasteiger partial charge in [0, 0.05) is 11.3 Å². The highest BCUT2D eigenvalue weighted by Crippen LogP contribution is 2.25. The first-order chi connectivity index (χ1) is 12.6. The molecule has 4 nitrogen and oxygen atoms in total. The molecular weight excluding hydrogens is 324 g/mol. The lowest BCUT2D eigenvalue weighted by molar-refractivity contribution is -0.114. The summed E-state index contributed by atoms with van der Waals surface area (Å²) in [6, 6.07) is 19.5. The van der Waals surface area contributed by atoms with Gasteiger partial charge in [-0.05, 0) is 37.8 Å². The lowest BCUT2D eigenvalue weighted by Crippen LogP contribution is -2.51. The van der Waals surface area contributed by atoms with E-state index in [4.69, 9.17) is 0 Å². The van der Waals surface area contributed by atoms with Gasteiger partial charge in [-0.3, -0.25) is 9.69 Å². The number of amides is 2. The monoisotopic (exact) mass is 348 g/mol. The smallest absolute Gasteiger partial charge is 0.322 e. The maximum absolute atomic E-state index is 12.7. The van der Waals surface area contributed by atoms with Crippen molar-refractivity contribution in [2.24, 2.45) is 0 Å². The second-order valence-corrected chi connectivity index (χ2v) is 6.65. The van der Waals surface area contributed by atoms with Crippen molar-refractivity contribution < 1.29 is 9.59 Å². The molecule has 1 atom stereocenters. The molecule has 0 bridgehead atoms. The van der Waals surface area contributed by atoms with Crippen LogP contribution in [0.2, 0.25) is 0 Å². The third kappa shape index (κ3) is 4.02. The van der Waals surface area contributed by atoms with Gasteiger partial charge in [0.2, 0.25) is 0 Å². The first kappa shape index (κ1) is 17.9. The number of hydrogen-bond donors (Lipinski definition) is 1. The highest BCUT2D eigenvalue weighted by Gasteiger charge is 2.32. The Labute approximate surface area is 154 Å². The zero-order valence-corrected chi connectivity index (χ0v) is 15.2. The Bertz CT molecular complexity index is 813. The second kappa shape index (κ2) is 8.00. The van der Waals surface area contributed by atoms with Gasteiger partial charge in [-0.15, -0.1) is 0 Å². The van der Waals surface area contributed by atoms with Crippen LogP contribution in [0.25, 0.3) is 0 Å². The first-order valence-corrected chi connectivity index (χ1v) is 8.94. The van der Waals surface area contributed by atoms with Crippen molar-refractivity contribution in [3.8, 4) is 0 Å². The number of urea groups is 1. The van der Waals surface area contributed by atoms with Crippen LogP contribution in [0.1, 0.15) is 31.4 Å². The van der Waals surface area contributed by atoms with E-state index in [9.17, 15) is 9.59 Å². The zero-order chi connectivity index (χ0) is 18.5. The topological polar surface area (TPSA) is 49.4 Å². The fourth-order valence-electron chi connectivity index (χ4n) is 3.48. The lowest BCUT2D eigenvalue weighted by Gasteiger charge is -2.35. The van der Waals surface area contributed by atoms with Crippen LogP contribution in [0, 0.1) is 0 Å². The molecule has 0 radical (unpaired) electrons. The summed E-state index contributed by atoms with van der Waals surface area (Å²) in [6.45, 7) is 3.90. The summed E-state index contributed by atoms with van der Waals surface area (Å²) < 4.78 is 0. The van der Waals surface area contributed by atoms with Crippen LogP contribution in [0.4, 0.5) is 4.79 Å². The Morgan fingerprint density at radius 3 is 2.15 bits per heavy atom. The zero-order valence-electron chi connectivity index (χ0n) is 15.2. The van der Waals surface area contributed by atoms with Crippen molar-refractivity contribution in [1.29, 1.82) is 0 Å². The standard InChI is InChI=1S/C22H24N2O2/c1-16-21(17(2)25)20(14-13-18-9-5-3-6-10-18)23-22(26)24(16)15-19-11-7-4-8-12-19/h3-12,20H,13-15H2,1-2H3,(H,23,26)/t20-/m1/s1. The number of aryl methyl sites for hydroxylation is 1. The molecule has 0 spiro atoms. The van der Waals surface area contributed by atoms with E-state index in [1.807, 2.05) is 55.5 Å². The van der Waals surface area contributed by atoms with Gasteiger partial charge in [0.25, 0.3) is 0 Å². The third-order valence-electron chi connectivity index (χ3n) is 4.81. The molecule has 3 rings (SSSR count). The molecule has 1 aliphatic heterocycles. The number of rotatable bonds is 6. The van der Waals surface area contributed by atoms with Gasteiger partial charge in [0.05, 0.1) is 12.6 Å². The van der Waals surface area contributed by atoms with Crippen molar-refractivity contribution in [2.45, 2.75) is 39.3 Å². The van der Waals surface area contributed by atoms with Crippen LogP contribution < -0.4 is 5.32 Å². The molecule has 26 heavy (non-hydrogen) atoms. The quantitative estimate of drug-likeness (QED) is 0.855. The van der Waals surface area contributed by atoms with Crippen molar-refractivity contribution >= 4 is 11.8 Å². The Hall–Kier alpha value is -2.88. The normalized spacial score (nSPS) is 17.2. The molecule has 0 aliphatic carbocycles. The summed E-state index contributed by atoms with van der Waals surface area (Å²) in [5.74, 6) is 0.0126. The minimum atomic E-state index is -0.243. The highest BCUT2D eigenvalue weighted by molar-refractivity contribution is 5.98. The Kier molecular flexibility index (Phi) is 5.52. The van der Waals surface area contributed by atoms with Gasteiger partial charge in [-0.1, -0.05) is 60.7 Å². The number of benzene rings is 2. The SMILES string of the molecule is CC(=O)C1=C(C)N(Cc2ccccc2)C(=O)N[C@@H]1CCc1ccccc1. The molecule has 1 heterocycles. The van der Waals surface area contributed by atoms with E-state index in [-0.39, 0.29) is 17.9 Å². The molecule has 0 fully saturated rings. The number of nitrogens with zero attached hydrogens (tertiary/aromatic N) is 1. The van der Waals surface area contributed by atoms with Gasteiger partial charge < -0.3 is 5.32 Å². The lowest BCUT2D eigenvalue weighted by atomic mass is 9.93. The maximum Gasteiger partial charge on any atom is 0.322 e. The van der Waals surface area contributed by atoms with E-state index in [0.717, 1.165) is 17.7 Å². The first-order valence-electron chi connectivity index (χ1n) is 8.94. The second-order valence-electron chi connectivity index (χ2n) is 6.65. The van der Waals surface area contributed by atoms with E-state index in [2.05, 4.69) is 17.4 Å². The minimum absolute atomic E-state index is 0.0126. The maximum atomic E-state index is 12.7. The van der Waals surface area contributed by atoms with Crippen LogP contribution in [-0.2, 0) is 17.8 Å². The van der Waals surface area contributed by atoms with Crippen LogP contribution >= 0.6 is 0 Å². The largest absolute Gasteiger partial charge is 0.331 e. The number of allylic oxidation sites excluding steroid dienone is 1. The fraction of sp³-hybridized carbons (Fsp3) is 0.273. The molecule has 0 saturated carbocycles.